The van der Waals surface area contributed by atoms with Gasteiger partial charge in [0.1, 0.15) is 16.5 Å². The van der Waals surface area contributed by atoms with Crippen LogP contribution in [0.5, 0.6) is 0 Å². The average Bonchev–Trinajstić information content (AvgIpc) is 2.18. The molecule has 0 saturated carbocycles. The maximum absolute atomic E-state index is 9.73. The van der Waals surface area contributed by atoms with E-state index in [4.69, 9.17) is 0 Å². The van der Waals surface area contributed by atoms with Gasteiger partial charge in [0.05, 0.1) is 13.2 Å². The maximum atomic E-state index is 9.73. The SMILES string of the molecule is CCCCO[PH](=O)[O-].CCCCO[PH](=O)[O-].[Ni+2]. The maximum Gasteiger partial charge on any atom is 2.00 e. The smallest absolute Gasteiger partial charge is 0.781 e. The summed E-state index contributed by atoms with van der Waals surface area (Å²) in [6, 6.07) is 0. The Morgan fingerprint density at radius 1 is 0.882 bits per heavy atom. The van der Waals surface area contributed by atoms with Gasteiger partial charge in [0, 0.05) is 0 Å². The quantitative estimate of drug-likeness (QED) is 0.375. The predicted molar refractivity (Wildman–Crippen MR) is 59.7 cm³/mol. The Bertz CT molecular complexity index is 173. The monoisotopic (exact) mass is 332 g/mol. The molecular weight excluding hydrogens is 313 g/mol. The Labute approximate surface area is 114 Å². The minimum absolute atomic E-state index is 0. The van der Waals surface area contributed by atoms with Gasteiger partial charge in [-0.05, 0) is 12.8 Å². The van der Waals surface area contributed by atoms with Crippen molar-refractivity contribution in [3.05, 3.63) is 0 Å². The van der Waals surface area contributed by atoms with E-state index in [2.05, 4.69) is 9.05 Å². The predicted octanol–water partition coefficient (Wildman–Crippen LogP) is 1.10. The minimum atomic E-state index is -2.91. The zero-order valence-electron chi connectivity index (χ0n) is 10.0. The van der Waals surface area contributed by atoms with Crippen LogP contribution in [-0.2, 0) is 34.7 Å². The molecule has 0 aliphatic heterocycles. The molecule has 0 aromatic heterocycles. The largest absolute Gasteiger partial charge is 2.00 e. The molecule has 2 unspecified atom stereocenters. The van der Waals surface area contributed by atoms with Gasteiger partial charge in [-0.15, -0.1) is 0 Å². The van der Waals surface area contributed by atoms with Gasteiger partial charge >= 0.3 is 16.5 Å². The molecule has 0 fully saturated rings. The van der Waals surface area contributed by atoms with Crippen molar-refractivity contribution in [3.8, 4) is 0 Å². The van der Waals surface area contributed by atoms with E-state index < -0.39 is 16.5 Å². The molecule has 0 heterocycles. The standard InChI is InChI=1S/2C4H11O3P.Ni/c2*1-2-3-4-7-8(5)6;/h2*8H,2-4H2,1H3,(H,5,6);/q;;+2/p-2. The molecule has 2 atom stereocenters. The normalized spacial score (nSPS) is 12.9. The molecule has 0 bridgehead atoms. The van der Waals surface area contributed by atoms with Crippen LogP contribution in [0.15, 0.2) is 0 Å². The zero-order valence-corrected chi connectivity index (χ0v) is 13.0. The van der Waals surface area contributed by atoms with Crippen LogP contribution in [-0.4, -0.2) is 13.2 Å². The molecule has 0 amide bonds. The summed E-state index contributed by atoms with van der Waals surface area (Å²) >= 11 is 0. The van der Waals surface area contributed by atoms with Gasteiger partial charge in [0.25, 0.3) is 0 Å². The fraction of sp³-hybridized carbons (Fsp3) is 1.00. The Morgan fingerprint density at radius 2 is 1.18 bits per heavy atom. The summed E-state index contributed by atoms with van der Waals surface area (Å²) < 4.78 is 28.0. The van der Waals surface area contributed by atoms with Crippen LogP contribution in [0.25, 0.3) is 0 Å². The molecule has 9 heteroatoms. The molecule has 0 N–H and O–H groups in total. The van der Waals surface area contributed by atoms with Crippen molar-refractivity contribution in [1.82, 2.24) is 0 Å². The molecular formula is C8H20NiO6P2. The van der Waals surface area contributed by atoms with Crippen molar-refractivity contribution in [2.75, 3.05) is 13.2 Å². The van der Waals surface area contributed by atoms with Gasteiger partial charge in [0.2, 0.25) is 0 Å². The molecule has 0 aromatic rings. The first-order valence-corrected chi connectivity index (χ1v) is 7.67. The molecule has 108 valence electrons. The Kier molecular flexibility index (Phi) is 25.8. The summed E-state index contributed by atoms with van der Waals surface area (Å²) in [5, 5.41) is 0. The Hall–Kier alpha value is 0.794. The fourth-order valence-electron chi connectivity index (χ4n) is 0.600. The van der Waals surface area contributed by atoms with Crippen LogP contribution in [0.3, 0.4) is 0 Å². The summed E-state index contributed by atoms with van der Waals surface area (Å²) in [4.78, 5) is 19.5. The van der Waals surface area contributed by atoms with Crippen molar-refractivity contribution in [3.63, 3.8) is 0 Å². The molecule has 0 aliphatic rings. The van der Waals surface area contributed by atoms with Gasteiger partial charge in [-0.3, -0.25) is 0 Å². The van der Waals surface area contributed by atoms with Crippen LogP contribution in [0.1, 0.15) is 39.5 Å². The number of rotatable bonds is 8. The molecule has 0 radical (unpaired) electrons. The second-order valence-electron chi connectivity index (χ2n) is 2.90. The Morgan fingerprint density at radius 3 is 1.35 bits per heavy atom. The van der Waals surface area contributed by atoms with Crippen molar-refractivity contribution < 1.29 is 44.5 Å². The van der Waals surface area contributed by atoms with Gasteiger partial charge < -0.3 is 28.0 Å². The minimum Gasteiger partial charge on any atom is -0.781 e. The van der Waals surface area contributed by atoms with E-state index >= 15 is 0 Å². The summed E-state index contributed by atoms with van der Waals surface area (Å²) in [5.41, 5.74) is 0. The van der Waals surface area contributed by atoms with E-state index in [9.17, 15) is 18.9 Å². The average molecular weight is 333 g/mol. The van der Waals surface area contributed by atoms with Gasteiger partial charge in [-0.1, -0.05) is 26.7 Å². The number of unbranched alkanes of at least 4 members (excludes halogenated alkanes) is 2. The van der Waals surface area contributed by atoms with E-state index in [1.165, 1.54) is 0 Å². The second-order valence-corrected chi connectivity index (χ2v) is 4.48. The molecule has 0 spiro atoms. The summed E-state index contributed by atoms with van der Waals surface area (Å²) in [5.74, 6) is 0. The molecule has 6 nitrogen and oxygen atoms in total. The van der Waals surface area contributed by atoms with Crippen LogP contribution in [0.4, 0.5) is 0 Å². The van der Waals surface area contributed by atoms with E-state index in [1.54, 1.807) is 0 Å². The third-order valence-electron chi connectivity index (χ3n) is 1.44. The van der Waals surface area contributed by atoms with Crippen LogP contribution in [0, 0.1) is 0 Å². The van der Waals surface area contributed by atoms with E-state index in [1.807, 2.05) is 13.8 Å². The molecule has 17 heavy (non-hydrogen) atoms. The second kappa shape index (κ2) is 19.1. The van der Waals surface area contributed by atoms with Gasteiger partial charge in [0.15, 0.2) is 0 Å². The van der Waals surface area contributed by atoms with Crippen molar-refractivity contribution in [2.24, 2.45) is 0 Å². The topological polar surface area (TPSA) is 98.7 Å². The Balaban J connectivity index is -0.000000218. The first-order chi connectivity index (χ1) is 7.54. The third kappa shape index (κ3) is 31.5. The van der Waals surface area contributed by atoms with Crippen LogP contribution < -0.4 is 9.79 Å². The molecule has 0 aromatic carbocycles. The summed E-state index contributed by atoms with van der Waals surface area (Å²) in [7, 11) is -5.81. The van der Waals surface area contributed by atoms with Crippen LogP contribution >= 0.6 is 16.5 Å². The van der Waals surface area contributed by atoms with E-state index in [-0.39, 0.29) is 16.5 Å². The summed E-state index contributed by atoms with van der Waals surface area (Å²) in [6.07, 6.45) is 3.57. The van der Waals surface area contributed by atoms with Crippen molar-refractivity contribution in [1.29, 1.82) is 0 Å². The number of hydrogen-bond donors (Lipinski definition) is 0. The zero-order chi connectivity index (χ0) is 12.8. The molecule has 0 rings (SSSR count). The first-order valence-electron chi connectivity index (χ1n) is 5.22. The summed E-state index contributed by atoms with van der Waals surface area (Å²) in [6.45, 7) is 4.65. The third-order valence-corrected chi connectivity index (χ3v) is 2.32. The van der Waals surface area contributed by atoms with Crippen LogP contribution in [0.2, 0.25) is 0 Å². The molecule has 0 saturated heterocycles. The van der Waals surface area contributed by atoms with Gasteiger partial charge in [-0.2, -0.15) is 0 Å². The fourth-order valence-corrected chi connectivity index (χ4v) is 1.22. The molecule has 0 aliphatic carbocycles. The van der Waals surface area contributed by atoms with Crippen molar-refractivity contribution in [2.45, 2.75) is 39.5 Å². The number of hydrogen-bond acceptors (Lipinski definition) is 6. The van der Waals surface area contributed by atoms with E-state index in [0.717, 1.165) is 25.7 Å². The van der Waals surface area contributed by atoms with Crippen molar-refractivity contribution >= 4 is 16.5 Å². The van der Waals surface area contributed by atoms with Gasteiger partial charge in [-0.25, -0.2) is 0 Å². The first kappa shape index (κ1) is 22.9. The van der Waals surface area contributed by atoms with E-state index in [0.29, 0.717) is 13.2 Å².